The van der Waals surface area contributed by atoms with Crippen LogP contribution < -0.4 is 0 Å². The van der Waals surface area contributed by atoms with Crippen molar-refractivity contribution in [1.82, 2.24) is 0 Å². The maximum Gasteiger partial charge on any atom is 0.302 e. The summed E-state index contributed by atoms with van der Waals surface area (Å²) in [6, 6.07) is 0. The molecule has 5 aliphatic rings. The van der Waals surface area contributed by atoms with E-state index >= 15 is 0 Å². The Balaban J connectivity index is 1.37. The van der Waals surface area contributed by atoms with Crippen LogP contribution in [0.4, 0.5) is 0 Å². The predicted molar refractivity (Wildman–Crippen MR) is 115 cm³/mol. The fourth-order valence-electron chi connectivity index (χ4n) is 8.45. The Bertz CT molecular complexity index is 615. The smallest absolute Gasteiger partial charge is 0.302 e. The summed E-state index contributed by atoms with van der Waals surface area (Å²) in [7, 11) is 0. The number of fused-ring (bicyclic) bond motifs is 6. The summed E-state index contributed by atoms with van der Waals surface area (Å²) >= 11 is 4.64. The summed E-state index contributed by atoms with van der Waals surface area (Å²) < 4.78 is 6.17. The van der Waals surface area contributed by atoms with Gasteiger partial charge in [0, 0.05) is 18.4 Å². The van der Waals surface area contributed by atoms with Gasteiger partial charge in [0.25, 0.3) is 0 Å². The van der Waals surface area contributed by atoms with Gasteiger partial charge in [-0.25, -0.2) is 0 Å². The largest absolute Gasteiger partial charge is 0.463 e. The molecule has 4 aliphatic carbocycles. The lowest BCUT2D eigenvalue weighted by molar-refractivity contribution is -0.159. The molecule has 0 radical (unpaired) electrons. The lowest BCUT2D eigenvalue weighted by Gasteiger charge is -2.61. The Morgan fingerprint density at radius 1 is 0.926 bits per heavy atom. The van der Waals surface area contributed by atoms with Crippen molar-refractivity contribution in [2.24, 2.45) is 34.5 Å². The molecule has 152 valence electrons. The lowest BCUT2D eigenvalue weighted by Crippen LogP contribution is -2.55. The van der Waals surface area contributed by atoms with Crippen molar-refractivity contribution in [3.8, 4) is 0 Å². The SMILES string of the molecule is CC(=O)OC1CC[C@]2(C)C3CC[C@@]4(C)C(CCC45SCCS5)C3CC[C@H]2C1. The molecule has 4 saturated carbocycles. The van der Waals surface area contributed by atoms with E-state index in [1.165, 1.54) is 56.5 Å². The highest BCUT2D eigenvalue weighted by atomic mass is 32.2. The van der Waals surface area contributed by atoms with Gasteiger partial charge in [0.1, 0.15) is 6.10 Å². The van der Waals surface area contributed by atoms with Gasteiger partial charge in [-0.1, -0.05) is 13.8 Å². The maximum atomic E-state index is 11.4. The van der Waals surface area contributed by atoms with E-state index in [1.54, 1.807) is 6.92 Å². The second-order valence-electron chi connectivity index (χ2n) is 10.6. The van der Waals surface area contributed by atoms with E-state index in [-0.39, 0.29) is 12.1 Å². The number of hydrogen-bond acceptors (Lipinski definition) is 4. The Kier molecular flexibility index (Phi) is 4.67. The number of esters is 1. The molecule has 7 atom stereocenters. The first-order valence-electron chi connectivity index (χ1n) is 11.3. The lowest BCUT2D eigenvalue weighted by atomic mass is 9.45. The zero-order valence-electron chi connectivity index (χ0n) is 17.3. The molecule has 0 amide bonds. The molecule has 1 spiro atoms. The topological polar surface area (TPSA) is 26.3 Å². The summed E-state index contributed by atoms with van der Waals surface area (Å²) in [4.78, 5) is 11.4. The fourth-order valence-corrected chi connectivity index (χ4v) is 12.3. The van der Waals surface area contributed by atoms with E-state index in [4.69, 9.17) is 4.74 Å². The highest BCUT2D eigenvalue weighted by Crippen LogP contribution is 2.74. The molecule has 1 saturated heterocycles. The zero-order chi connectivity index (χ0) is 18.9. The third-order valence-electron chi connectivity index (χ3n) is 9.75. The first-order chi connectivity index (χ1) is 12.9. The van der Waals surface area contributed by atoms with Crippen LogP contribution in [0.15, 0.2) is 0 Å². The molecule has 1 heterocycles. The van der Waals surface area contributed by atoms with Crippen molar-refractivity contribution >= 4 is 29.5 Å². The molecule has 2 nitrogen and oxygen atoms in total. The molecule has 0 aromatic heterocycles. The highest BCUT2D eigenvalue weighted by molar-refractivity contribution is 8.21. The first kappa shape index (κ1) is 19.2. The highest BCUT2D eigenvalue weighted by Gasteiger charge is 2.66. The van der Waals surface area contributed by atoms with Gasteiger partial charge >= 0.3 is 5.97 Å². The quantitative estimate of drug-likeness (QED) is 0.487. The van der Waals surface area contributed by atoms with Crippen molar-refractivity contribution < 1.29 is 9.53 Å². The van der Waals surface area contributed by atoms with Crippen LogP contribution in [0.25, 0.3) is 0 Å². The van der Waals surface area contributed by atoms with Gasteiger partial charge in [0.2, 0.25) is 0 Å². The fraction of sp³-hybridized carbons (Fsp3) is 0.957. The summed E-state index contributed by atoms with van der Waals surface area (Å²) in [5.74, 6) is 6.26. The molecule has 4 heteroatoms. The normalized spacial score (nSPS) is 50.7. The first-order valence-corrected chi connectivity index (χ1v) is 13.3. The minimum absolute atomic E-state index is 0.0893. The van der Waals surface area contributed by atoms with Crippen LogP contribution in [0.2, 0.25) is 0 Å². The monoisotopic (exact) mass is 408 g/mol. The van der Waals surface area contributed by atoms with Gasteiger partial charge in [-0.05, 0) is 92.3 Å². The molecule has 0 N–H and O–H groups in total. The Labute approximate surface area is 173 Å². The minimum atomic E-state index is -0.0893. The van der Waals surface area contributed by atoms with Crippen LogP contribution in [0.3, 0.4) is 0 Å². The van der Waals surface area contributed by atoms with Crippen LogP contribution in [0.1, 0.15) is 78.6 Å². The maximum absolute atomic E-state index is 11.4. The van der Waals surface area contributed by atoms with E-state index in [0.29, 0.717) is 14.9 Å². The average Bonchev–Trinajstić information content (AvgIpc) is 3.21. The molecule has 27 heavy (non-hydrogen) atoms. The number of carbonyl (C=O) groups excluding carboxylic acids is 1. The van der Waals surface area contributed by atoms with E-state index < -0.39 is 0 Å². The number of hydrogen-bond donors (Lipinski definition) is 0. The number of carbonyl (C=O) groups is 1. The summed E-state index contributed by atoms with van der Waals surface area (Å²) in [5.41, 5.74) is 1.06. The Morgan fingerprint density at radius 2 is 1.67 bits per heavy atom. The molecule has 5 rings (SSSR count). The van der Waals surface area contributed by atoms with Crippen molar-refractivity contribution in [1.29, 1.82) is 0 Å². The van der Waals surface area contributed by atoms with Gasteiger partial charge in [-0.3, -0.25) is 4.79 Å². The minimum Gasteiger partial charge on any atom is -0.463 e. The molecule has 0 aromatic carbocycles. The van der Waals surface area contributed by atoms with Gasteiger partial charge in [0.15, 0.2) is 0 Å². The molecule has 1 aliphatic heterocycles. The van der Waals surface area contributed by atoms with E-state index in [2.05, 4.69) is 37.4 Å². The number of rotatable bonds is 1. The number of ether oxygens (including phenoxy) is 1. The predicted octanol–water partition coefficient (Wildman–Crippen LogP) is 6.14. The molecule has 5 fully saturated rings. The van der Waals surface area contributed by atoms with Crippen LogP contribution in [-0.4, -0.2) is 27.7 Å². The molecule has 0 bridgehead atoms. The van der Waals surface area contributed by atoms with Gasteiger partial charge in [-0.2, -0.15) is 0 Å². The van der Waals surface area contributed by atoms with Crippen molar-refractivity contribution in [3.05, 3.63) is 0 Å². The third kappa shape index (κ3) is 2.71. The van der Waals surface area contributed by atoms with E-state index in [0.717, 1.165) is 36.5 Å². The standard InChI is InChI=1S/C23H36O2S2/c1-15(24)25-17-6-9-21(2)16(14-17)4-5-18-19(21)7-10-22(3)20(18)8-11-23(22)26-12-13-27-23/h16-20H,4-14H2,1-3H3/t16-,17?,18?,19?,20?,21-,22-/m0/s1. The second-order valence-corrected chi connectivity index (χ2v) is 13.7. The zero-order valence-corrected chi connectivity index (χ0v) is 18.9. The van der Waals surface area contributed by atoms with Crippen LogP contribution in [-0.2, 0) is 9.53 Å². The Morgan fingerprint density at radius 3 is 2.41 bits per heavy atom. The molecular formula is C23H36O2S2. The Hall–Kier alpha value is 0.170. The van der Waals surface area contributed by atoms with Gasteiger partial charge in [-0.15, -0.1) is 23.5 Å². The van der Waals surface area contributed by atoms with Gasteiger partial charge in [0.05, 0.1) is 4.08 Å². The summed E-state index contributed by atoms with van der Waals surface area (Å²) in [5, 5.41) is 0. The summed E-state index contributed by atoms with van der Waals surface area (Å²) in [6.45, 7) is 6.87. The molecule has 0 aromatic rings. The van der Waals surface area contributed by atoms with E-state index in [9.17, 15) is 4.79 Å². The summed E-state index contributed by atoms with van der Waals surface area (Å²) in [6.07, 6.45) is 12.3. The van der Waals surface area contributed by atoms with E-state index in [1.807, 2.05) is 0 Å². The van der Waals surface area contributed by atoms with Crippen LogP contribution in [0, 0.1) is 34.5 Å². The van der Waals surface area contributed by atoms with Crippen molar-refractivity contribution in [2.45, 2.75) is 88.7 Å². The average molecular weight is 409 g/mol. The van der Waals surface area contributed by atoms with Crippen LogP contribution >= 0.6 is 23.5 Å². The molecular weight excluding hydrogens is 372 g/mol. The number of thioether (sulfide) groups is 2. The van der Waals surface area contributed by atoms with Crippen LogP contribution in [0.5, 0.6) is 0 Å². The van der Waals surface area contributed by atoms with Crippen molar-refractivity contribution in [2.75, 3.05) is 11.5 Å². The van der Waals surface area contributed by atoms with Crippen molar-refractivity contribution in [3.63, 3.8) is 0 Å². The third-order valence-corrected chi connectivity index (χ3v) is 13.8. The second kappa shape index (κ2) is 6.59. The van der Waals surface area contributed by atoms with Gasteiger partial charge < -0.3 is 4.74 Å². The molecule has 4 unspecified atom stereocenters.